The van der Waals surface area contributed by atoms with Gasteiger partial charge >= 0.3 is 6.03 Å². The highest BCUT2D eigenvalue weighted by molar-refractivity contribution is 7.91. The van der Waals surface area contributed by atoms with Crippen LogP contribution in [0.25, 0.3) is 0 Å². The third-order valence-electron chi connectivity index (χ3n) is 3.27. The summed E-state index contributed by atoms with van der Waals surface area (Å²) in [5.41, 5.74) is 0.417. The molecule has 0 radical (unpaired) electrons. The lowest BCUT2D eigenvalue weighted by Gasteiger charge is -2.15. The molecule has 0 unspecified atom stereocenters. The van der Waals surface area contributed by atoms with Crippen LogP contribution in [0.15, 0.2) is 29.2 Å². The number of nitriles is 1. The number of hydrogen-bond acceptors (Lipinski definition) is 4. The fourth-order valence-electron chi connectivity index (χ4n) is 2.00. The number of rotatable bonds is 4. The van der Waals surface area contributed by atoms with Gasteiger partial charge in [0.2, 0.25) is 0 Å². The number of carbonyl (C=O) groups excluding carboxylic acids is 1. The van der Waals surface area contributed by atoms with Gasteiger partial charge in [-0.2, -0.15) is 5.26 Å². The molecule has 0 bridgehead atoms. The van der Waals surface area contributed by atoms with Crippen LogP contribution in [0.3, 0.4) is 0 Å². The number of sulfone groups is 1. The second kappa shape index (κ2) is 5.51. The van der Waals surface area contributed by atoms with Crippen molar-refractivity contribution in [3.05, 3.63) is 29.8 Å². The Morgan fingerprint density at radius 3 is 2.40 bits per heavy atom. The fraction of sp³-hybridized carbons (Fsp3) is 0.385. The van der Waals surface area contributed by atoms with Crippen LogP contribution >= 0.6 is 0 Å². The molecule has 1 aliphatic rings. The van der Waals surface area contributed by atoms with Crippen molar-refractivity contribution in [2.24, 2.45) is 0 Å². The van der Waals surface area contributed by atoms with Crippen molar-refractivity contribution in [2.75, 3.05) is 32.4 Å². The van der Waals surface area contributed by atoms with Gasteiger partial charge in [-0.3, -0.25) is 0 Å². The van der Waals surface area contributed by atoms with Gasteiger partial charge in [0.25, 0.3) is 0 Å². The van der Waals surface area contributed by atoms with Gasteiger partial charge in [0.15, 0.2) is 9.84 Å². The molecule has 0 atom stereocenters. The van der Waals surface area contributed by atoms with Crippen molar-refractivity contribution in [1.29, 1.82) is 5.26 Å². The Morgan fingerprint density at radius 2 is 1.90 bits per heavy atom. The Bertz CT molecular complexity index is 646. The maximum absolute atomic E-state index is 12.1. The summed E-state index contributed by atoms with van der Waals surface area (Å²) in [6, 6.07) is 7.59. The van der Waals surface area contributed by atoms with Crippen molar-refractivity contribution in [3.63, 3.8) is 0 Å². The van der Waals surface area contributed by atoms with Crippen LogP contribution in [-0.4, -0.2) is 56.7 Å². The Labute approximate surface area is 118 Å². The largest absolute Gasteiger partial charge is 0.326 e. The van der Waals surface area contributed by atoms with E-state index in [1.165, 1.54) is 29.2 Å². The van der Waals surface area contributed by atoms with Gasteiger partial charge in [-0.1, -0.05) is 0 Å². The van der Waals surface area contributed by atoms with Crippen molar-refractivity contribution in [2.45, 2.75) is 4.90 Å². The number of nitrogens with zero attached hydrogens (tertiary/aromatic N) is 3. The summed E-state index contributed by atoms with van der Waals surface area (Å²) < 4.78 is 24.3. The monoisotopic (exact) mass is 293 g/mol. The van der Waals surface area contributed by atoms with E-state index in [1.54, 1.807) is 11.9 Å². The van der Waals surface area contributed by atoms with Crippen LogP contribution < -0.4 is 0 Å². The van der Waals surface area contributed by atoms with Crippen LogP contribution in [0.4, 0.5) is 4.79 Å². The van der Waals surface area contributed by atoms with E-state index in [1.807, 2.05) is 6.07 Å². The predicted molar refractivity (Wildman–Crippen MR) is 72.8 cm³/mol. The molecule has 1 heterocycles. The summed E-state index contributed by atoms with van der Waals surface area (Å²) in [5.74, 6) is -0.113. The predicted octanol–water partition coefficient (Wildman–Crippen LogP) is 0.699. The highest BCUT2D eigenvalue weighted by Crippen LogP contribution is 2.14. The zero-order valence-corrected chi connectivity index (χ0v) is 11.9. The van der Waals surface area contributed by atoms with Crippen LogP contribution in [0.5, 0.6) is 0 Å². The number of amides is 2. The third kappa shape index (κ3) is 2.91. The van der Waals surface area contributed by atoms with Gasteiger partial charge in [-0.05, 0) is 24.3 Å². The van der Waals surface area contributed by atoms with Gasteiger partial charge in [-0.15, -0.1) is 0 Å². The molecular weight excluding hydrogens is 278 g/mol. The Balaban J connectivity index is 2.04. The van der Waals surface area contributed by atoms with Crippen LogP contribution in [-0.2, 0) is 9.84 Å². The number of carbonyl (C=O) groups is 1. The Hall–Kier alpha value is -2.07. The molecular formula is C13H15N3O3S. The van der Waals surface area contributed by atoms with Crippen molar-refractivity contribution < 1.29 is 13.2 Å². The van der Waals surface area contributed by atoms with Crippen molar-refractivity contribution in [1.82, 2.24) is 9.80 Å². The first-order valence-electron chi connectivity index (χ1n) is 6.17. The minimum Gasteiger partial charge on any atom is -0.326 e. The lowest BCUT2D eigenvalue weighted by Crippen LogP contribution is -2.33. The number of hydrogen-bond donors (Lipinski definition) is 0. The van der Waals surface area contributed by atoms with Crippen LogP contribution in [0, 0.1) is 11.3 Å². The van der Waals surface area contributed by atoms with E-state index >= 15 is 0 Å². The first-order chi connectivity index (χ1) is 9.44. The van der Waals surface area contributed by atoms with Gasteiger partial charge in [-0.25, -0.2) is 13.2 Å². The molecule has 1 aromatic carbocycles. The molecule has 0 spiro atoms. The van der Waals surface area contributed by atoms with Crippen LogP contribution in [0.1, 0.15) is 5.56 Å². The summed E-state index contributed by atoms with van der Waals surface area (Å²) in [6.07, 6.45) is 0. The summed E-state index contributed by atoms with van der Waals surface area (Å²) in [7, 11) is -1.74. The maximum atomic E-state index is 12.1. The molecule has 0 aliphatic carbocycles. The highest BCUT2D eigenvalue weighted by atomic mass is 32.2. The van der Waals surface area contributed by atoms with Crippen molar-refractivity contribution >= 4 is 15.9 Å². The Kier molecular flexibility index (Phi) is 3.95. The van der Waals surface area contributed by atoms with Gasteiger partial charge in [0.1, 0.15) is 0 Å². The lowest BCUT2D eigenvalue weighted by molar-refractivity contribution is 0.200. The quantitative estimate of drug-likeness (QED) is 0.818. The molecule has 0 N–H and O–H groups in total. The highest BCUT2D eigenvalue weighted by Gasteiger charge is 2.26. The molecule has 0 aromatic heterocycles. The third-order valence-corrected chi connectivity index (χ3v) is 4.99. The normalized spacial score (nSPS) is 15.5. The van der Waals surface area contributed by atoms with Gasteiger partial charge in [0, 0.05) is 26.7 Å². The van der Waals surface area contributed by atoms with E-state index in [0.29, 0.717) is 18.7 Å². The van der Waals surface area contributed by atoms with Crippen molar-refractivity contribution in [3.8, 4) is 6.07 Å². The molecule has 0 saturated carbocycles. The molecule has 20 heavy (non-hydrogen) atoms. The summed E-state index contributed by atoms with van der Waals surface area (Å²) in [4.78, 5) is 14.9. The molecule has 1 fully saturated rings. The molecule has 6 nitrogen and oxygen atoms in total. The fourth-order valence-corrected chi connectivity index (χ4v) is 3.24. The van der Waals surface area contributed by atoms with Gasteiger partial charge in [0.05, 0.1) is 22.3 Å². The first kappa shape index (κ1) is 14.3. The first-order valence-corrected chi connectivity index (χ1v) is 7.82. The zero-order valence-electron chi connectivity index (χ0n) is 11.1. The second-order valence-electron chi connectivity index (χ2n) is 4.65. The standard InChI is InChI=1S/C13H15N3O3S/c1-15-6-7-16(13(15)17)8-9-20(18,19)12-4-2-11(10-14)3-5-12/h2-5H,6-9H2,1H3. The molecule has 1 saturated heterocycles. The SMILES string of the molecule is CN1CCN(CCS(=O)(=O)c2ccc(C#N)cc2)C1=O. The average molecular weight is 293 g/mol. The molecule has 7 heteroatoms. The minimum absolute atomic E-state index is 0.113. The van der Waals surface area contributed by atoms with Crippen LogP contribution in [0.2, 0.25) is 0 Å². The molecule has 2 rings (SSSR count). The summed E-state index contributed by atoms with van der Waals surface area (Å²) in [5, 5.41) is 8.68. The number of likely N-dealkylation sites (N-methyl/N-ethyl adjacent to an activating group) is 1. The summed E-state index contributed by atoms with van der Waals surface area (Å²) in [6.45, 7) is 1.36. The van der Waals surface area contributed by atoms with E-state index in [4.69, 9.17) is 5.26 Å². The van der Waals surface area contributed by atoms with Gasteiger partial charge < -0.3 is 9.80 Å². The smallest absolute Gasteiger partial charge is 0.319 e. The van der Waals surface area contributed by atoms with E-state index < -0.39 is 9.84 Å². The van der Waals surface area contributed by atoms with E-state index in [0.717, 1.165) is 0 Å². The molecule has 106 valence electrons. The molecule has 1 aliphatic heterocycles. The van der Waals surface area contributed by atoms with E-state index in [-0.39, 0.29) is 23.2 Å². The second-order valence-corrected chi connectivity index (χ2v) is 6.76. The number of urea groups is 1. The van der Waals surface area contributed by atoms with E-state index in [2.05, 4.69) is 0 Å². The maximum Gasteiger partial charge on any atom is 0.319 e. The molecule has 2 amide bonds. The lowest BCUT2D eigenvalue weighted by atomic mass is 10.2. The minimum atomic E-state index is -3.44. The average Bonchev–Trinajstić information content (AvgIpc) is 2.77. The number of benzene rings is 1. The topological polar surface area (TPSA) is 81.5 Å². The zero-order chi connectivity index (χ0) is 14.8. The molecule has 1 aromatic rings. The Morgan fingerprint density at radius 1 is 1.25 bits per heavy atom. The van der Waals surface area contributed by atoms with E-state index in [9.17, 15) is 13.2 Å². The summed E-state index contributed by atoms with van der Waals surface area (Å²) >= 11 is 0.